The first-order valence-corrected chi connectivity index (χ1v) is 10.5. The number of aryl methyl sites for hydroxylation is 2. The topological polar surface area (TPSA) is 133 Å². The molecule has 2 aromatic heterocycles. The Labute approximate surface area is 177 Å². The fraction of sp³-hybridized carbons (Fsp3) is 0.316. The monoisotopic (exact) mass is 426 g/mol. The van der Waals surface area contributed by atoms with Crippen molar-refractivity contribution in [1.29, 1.82) is 0 Å². The van der Waals surface area contributed by atoms with Crippen LogP contribution in [-0.4, -0.2) is 48.3 Å². The number of nitrogens with one attached hydrogen (secondary N) is 2. The molecule has 0 bridgehead atoms. The molecule has 1 aliphatic carbocycles. The zero-order valence-corrected chi connectivity index (χ0v) is 17.4. The van der Waals surface area contributed by atoms with Crippen molar-refractivity contribution in [3.05, 3.63) is 47.3 Å². The van der Waals surface area contributed by atoms with E-state index in [0.717, 1.165) is 36.0 Å². The second-order valence-corrected chi connectivity index (χ2v) is 8.10. The van der Waals surface area contributed by atoms with Crippen molar-refractivity contribution in [2.24, 2.45) is 0 Å². The summed E-state index contributed by atoms with van der Waals surface area (Å²) >= 11 is 1.16. The van der Waals surface area contributed by atoms with Crippen LogP contribution in [0.4, 0.5) is 5.69 Å². The second kappa shape index (κ2) is 8.19. The number of carbonyl (C=O) groups excluding carboxylic acids is 2. The van der Waals surface area contributed by atoms with Gasteiger partial charge in [0.2, 0.25) is 11.1 Å². The van der Waals surface area contributed by atoms with Crippen molar-refractivity contribution < 1.29 is 9.59 Å². The smallest absolute Gasteiger partial charge is 0.271 e. The maximum absolute atomic E-state index is 12.4. The standard InChI is InChI=1S/C19H22N8O2S/c1-11-8-12(2)27(25-11)18-23-24-19(26(18)20)30-10-16(28)21-15-5-3-4-13(9-15)17(29)22-14-6-7-14/h3-5,8-9,14H,6-7,10,20H2,1-2H3,(H,21,28)(H,22,29). The number of carbonyl (C=O) groups is 2. The van der Waals surface area contributed by atoms with Crippen molar-refractivity contribution in [3.63, 3.8) is 0 Å². The molecule has 0 saturated heterocycles. The highest BCUT2D eigenvalue weighted by atomic mass is 32.2. The van der Waals surface area contributed by atoms with E-state index in [0.29, 0.717) is 22.4 Å². The zero-order chi connectivity index (χ0) is 21.3. The summed E-state index contributed by atoms with van der Waals surface area (Å²) in [7, 11) is 0. The highest BCUT2D eigenvalue weighted by molar-refractivity contribution is 7.99. The summed E-state index contributed by atoms with van der Waals surface area (Å²) < 4.78 is 2.91. The molecule has 4 rings (SSSR count). The highest BCUT2D eigenvalue weighted by Gasteiger charge is 2.24. The Hall–Kier alpha value is -3.34. The Morgan fingerprint density at radius 3 is 2.73 bits per heavy atom. The molecule has 1 fully saturated rings. The molecule has 1 saturated carbocycles. The molecule has 30 heavy (non-hydrogen) atoms. The summed E-state index contributed by atoms with van der Waals surface area (Å²) in [6.07, 6.45) is 2.04. The van der Waals surface area contributed by atoms with Crippen LogP contribution >= 0.6 is 11.8 Å². The lowest BCUT2D eigenvalue weighted by Gasteiger charge is -2.08. The van der Waals surface area contributed by atoms with Gasteiger partial charge in [0.05, 0.1) is 11.4 Å². The number of nitrogen functional groups attached to an aromatic ring is 1. The summed E-state index contributed by atoms with van der Waals surface area (Å²) in [4.78, 5) is 24.5. The fourth-order valence-electron chi connectivity index (χ4n) is 2.91. The predicted octanol–water partition coefficient (Wildman–Crippen LogP) is 1.42. The molecule has 0 unspecified atom stereocenters. The molecule has 3 aromatic rings. The second-order valence-electron chi connectivity index (χ2n) is 7.16. The molecule has 0 spiro atoms. The van der Waals surface area contributed by atoms with Gasteiger partial charge in [-0.3, -0.25) is 9.59 Å². The van der Waals surface area contributed by atoms with E-state index in [1.165, 1.54) is 4.68 Å². The molecular formula is C19H22N8O2S. The molecular weight excluding hydrogens is 404 g/mol. The third kappa shape index (κ3) is 4.46. The number of rotatable bonds is 7. The molecule has 1 aromatic carbocycles. The lowest BCUT2D eigenvalue weighted by molar-refractivity contribution is -0.113. The number of hydrogen-bond acceptors (Lipinski definition) is 7. The van der Waals surface area contributed by atoms with Crippen LogP contribution in [0.25, 0.3) is 5.95 Å². The average Bonchev–Trinajstić information content (AvgIpc) is 3.36. The molecule has 2 heterocycles. The predicted molar refractivity (Wildman–Crippen MR) is 113 cm³/mol. The van der Waals surface area contributed by atoms with Crippen LogP contribution in [0.15, 0.2) is 35.5 Å². The summed E-state index contributed by atoms with van der Waals surface area (Å²) in [6, 6.07) is 9.05. The van der Waals surface area contributed by atoms with Gasteiger partial charge in [-0.25, -0.2) is 9.36 Å². The van der Waals surface area contributed by atoms with E-state index in [1.807, 2.05) is 19.9 Å². The van der Waals surface area contributed by atoms with Gasteiger partial charge in [-0.1, -0.05) is 17.8 Å². The maximum Gasteiger partial charge on any atom is 0.271 e. The minimum absolute atomic E-state index is 0.0882. The van der Waals surface area contributed by atoms with E-state index in [-0.39, 0.29) is 23.6 Å². The van der Waals surface area contributed by atoms with Gasteiger partial charge in [0, 0.05) is 23.0 Å². The Kier molecular flexibility index (Phi) is 5.44. The van der Waals surface area contributed by atoms with Gasteiger partial charge in [-0.2, -0.15) is 5.10 Å². The molecule has 2 amide bonds. The van der Waals surface area contributed by atoms with Crippen LogP contribution in [0, 0.1) is 13.8 Å². The summed E-state index contributed by atoms with van der Waals surface area (Å²) in [5, 5.41) is 18.6. The van der Waals surface area contributed by atoms with Crippen LogP contribution in [0.1, 0.15) is 34.6 Å². The summed E-state index contributed by atoms with van der Waals surface area (Å²) in [5.41, 5.74) is 2.80. The quantitative estimate of drug-likeness (QED) is 0.384. The number of aromatic nitrogens is 5. The first-order valence-electron chi connectivity index (χ1n) is 9.48. The van der Waals surface area contributed by atoms with Crippen molar-refractivity contribution in [1.82, 2.24) is 30.0 Å². The van der Waals surface area contributed by atoms with E-state index in [1.54, 1.807) is 28.9 Å². The Morgan fingerprint density at radius 2 is 2.03 bits per heavy atom. The first-order chi connectivity index (χ1) is 14.4. The number of benzene rings is 1. The zero-order valence-electron chi connectivity index (χ0n) is 16.6. The molecule has 0 aliphatic heterocycles. The average molecular weight is 427 g/mol. The summed E-state index contributed by atoms with van der Waals surface area (Å²) in [5.74, 6) is 6.18. The minimum Gasteiger partial charge on any atom is -0.349 e. The minimum atomic E-state index is -0.240. The molecule has 156 valence electrons. The van der Waals surface area contributed by atoms with Crippen molar-refractivity contribution in [3.8, 4) is 5.95 Å². The van der Waals surface area contributed by atoms with Crippen molar-refractivity contribution in [2.75, 3.05) is 16.9 Å². The highest BCUT2D eigenvalue weighted by Crippen LogP contribution is 2.21. The number of anilines is 1. The number of nitrogens with zero attached hydrogens (tertiary/aromatic N) is 5. The fourth-order valence-corrected chi connectivity index (χ4v) is 3.56. The first kappa shape index (κ1) is 20.0. The van der Waals surface area contributed by atoms with E-state index in [9.17, 15) is 9.59 Å². The van der Waals surface area contributed by atoms with Crippen LogP contribution in [0.2, 0.25) is 0 Å². The van der Waals surface area contributed by atoms with Crippen LogP contribution in [0.5, 0.6) is 0 Å². The summed E-state index contributed by atoms with van der Waals surface area (Å²) in [6.45, 7) is 3.78. The van der Waals surface area contributed by atoms with Crippen molar-refractivity contribution in [2.45, 2.75) is 37.9 Å². The maximum atomic E-state index is 12.4. The molecule has 11 heteroatoms. The molecule has 1 aliphatic rings. The van der Waals surface area contributed by atoms with E-state index < -0.39 is 0 Å². The van der Waals surface area contributed by atoms with Gasteiger partial charge in [-0.05, 0) is 51.0 Å². The van der Waals surface area contributed by atoms with Gasteiger partial charge >= 0.3 is 0 Å². The normalized spacial score (nSPS) is 13.3. The molecule has 0 atom stereocenters. The van der Waals surface area contributed by atoms with Crippen LogP contribution in [0.3, 0.4) is 0 Å². The van der Waals surface area contributed by atoms with Crippen molar-refractivity contribution >= 4 is 29.3 Å². The Morgan fingerprint density at radius 1 is 1.23 bits per heavy atom. The lowest BCUT2D eigenvalue weighted by Crippen LogP contribution is -2.25. The number of hydrogen-bond donors (Lipinski definition) is 3. The van der Waals surface area contributed by atoms with Gasteiger partial charge in [0.1, 0.15) is 0 Å². The van der Waals surface area contributed by atoms with Gasteiger partial charge in [-0.15, -0.1) is 10.2 Å². The largest absolute Gasteiger partial charge is 0.349 e. The third-order valence-corrected chi connectivity index (χ3v) is 5.44. The van der Waals surface area contributed by atoms with E-state index in [4.69, 9.17) is 5.84 Å². The lowest BCUT2D eigenvalue weighted by atomic mass is 10.2. The molecule has 0 radical (unpaired) electrons. The number of thioether (sulfide) groups is 1. The SMILES string of the molecule is Cc1cc(C)n(-c2nnc(SCC(=O)Nc3cccc(C(=O)NC4CC4)c3)n2N)n1. The number of amides is 2. The third-order valence-electron chi connectivity index (χ3n) is 4.50. The molecule has 4 N–H and O–H groups in total. The van der Waals surface area contributed by atoms with Crippen LogP contribution < -0.4 is 16.5 Å². The Balaban J connectivity index is 1.36. The molecule has 10 nitrogen and oxygen atoms in total. The number of nitrogens with two attached hydrogens (primary N) is 1. The van der Waals surface area contributed by atoms with Gasteiger partial charge in [0.25, 0.3) is 11.9 Å². The Bertz CT molecular complexity index is 1100. The van der Waals surface area contributed by atoms with Gasteiger partial charge in [0.15, 0.2) is 0 Å². The van der Waals surface area contributed by atoms with E-state index >= 15 is 0 Å². The van der Waals surface area contributed by atoms with Gasteiger partial charge < -0.3 is 16.5 Å². The van der Waals surface area contributed by atoms with Crippen LogP contribution in [-0.2, 0) is 4.79 Å². The van der Waals surface area contributed by atoms with E-state index in [2.05, 4.69) is 25.9 Å².